The Labute approximate surface area is 118 Å². The lowest BCUT2D eigenvalue weighted by molar-refractivity contribution is 0.0451. The number of nitrogens with one attached hydrogen (secondary N) is 1. The summed E-state index contributed by atoms with van der Waals surface area (Å²) >= 11 is 0. The second kappa shape index (κ2) is 9.49. The van der Waals surface area contributed by atoms with Gasteiger partial charge in [-0.1, -0.05) is 0 Å². The van der Waals surface area contributed by atoms with Gasteiger partial charge in [-0.2, -0.15) is 0 Å². The van der Waals surface area contributed by atoms with Gasteiger partial charge in [-0.25, -0.2) is 5.84 Å². The molecule has 3 N–H and O–H groups in total. The topological polar surface area (TPSA) is 96.0 Å². The molecule has 7 heteroatoms. The zero-order valence-electron chi connectivity index (χ0n) is 11.9. The highest BCUT2D eigenvalue weighted by molar-refractivity contribution is 5.92. The van der Waals surface area contributed by atoms with Crippen LogP contribution in [0.5, 0.6) is 0 Å². The minimum Gasteiger partial charge on any atom is -0.453 e. The quantitative estimate of drug-likeness (QED) is 0.285. The Bertz CT molecular complexity index is 405. The van der Waals surface area contributed by atoms with Crippen LogP contribution in [0.25, 0.3) is 0 Å². The summed E-state index contributed by atoms with van der Waals surface area (Å²) in [5.74, 6) is 5.43. The number of nitrogen functional groups attached to an aromatic ring is 1. The van der Waals surface area contributed by atoms with Crippen molar-refractivity contribution in [3.8, 4) is 0 Å². The van der Waals surface area contributed by atoms with Gasteiger partial charge in [-0.3, -0.25) is 10.2 Å². The summed E-state index contributed by atoms with van der Waals surface area (Å²) in [5, 5.41) is 0. The van der Waals surface area contributed by atoms with Crippen molar-refractivity contribution < 1.29 is 23.4 Å². The van der Waals surface area contributed by atoms with Crippen LogP contribution < -0.4 is 11.3 Å². The van der Waals surface area contributed by atoms with Gasteiger partial charge in [-0.15, -0.1) is 0 Å². The molecular formula is C13H22N2O5. The Morgan fingerprint density at radius 3 is 2.75 bits per heavy atom. The summed E-state index contributed by atoms with van der Waals surface area (Å²) < 4.78 is 21.0. The fourth-order valence-corrected chi connectivity index (χ4v) is 1.59. The number of furan rings is 1. The van der Waals surface area contributed by atoms with Gasteiger partial charge < -0.3 is 18.6 Å². The third-order valence-corrected chi connectivity index (χ3v) is 2.56. The van der Waals surface area contributed by atoms with Crippen molar-refractivity contribution in [3.05, 3.63) is 23.2 Å². The van der Waals surface area contributed by atoms with Gasteiger partial charge in [0.2, 0.25) is 0 Å². The number of methoxy groups -OCH3 is 1. The van der Waals surface area contributed by atoms with Crippen molar-refractivity contribution >= 4 is 5.91 Å². The minimum atomic E-state index is -0.444. The molecule has 0 aliphatic heterocycles. The molecule has 0 spiro atoms. The molecule has 114 valence electrons. The van der Waals surface area contributed by atoms with E-state index in [1.54, 1.807) is 20.1 Å². The average Bonchev–Trinajstić information content (AvgIpc) is 2.82. The Kier molecular flexibility index (Phi) is 7.89. The summed E-state index contributed by atoms with van der Waals surface area (Å²) in [6, 6.07) is 1.76. The van der Waals surface area contributed by atoms with E-state index in [0.29, 0.717) is 38.8 Å². The van der Waals surface area contributed by atoms with E-state index in [-0.39, 0.29) is 5.76 Å². The highest BCUT2D eigenvalue weighted by Crippen LogP contribution is 2.15. The number of amides is 1. The molecule has 1 aromatic rings. The third kappa shape index (κ3) is 5.70. The van der Waals surface area contributed by atoms with E-state index in [1.165, 1.54) is 0 Å². The summed E-state index contributed by atoms with van der Waals surface area (Å²) in [4.78, 5) is 11.4. The summed E-state index contributed by atoms with van der Waals surface area (Å²) in [6.45, 7) is 4.47. The molecule has 0 unspecified atom stereocenters. The molecule has 20 heavy (non-hydrogen) atoms. The van der Waals surface area contributed by atoms with Crippen LogP contribution in [0.4, 0.5) is 0 Å². The molecule has 1 amide bonds. The van der Waals surface area contributed by atoms with E-state index >= 15 is 0 Å². The second-order valence-corrected chi connectivity index (χ2v) is 4.21. The molecule has 0 radical (unpaired) electrons. The van der Waals surface area contributed by atoms with E-state index in [1.807, 2.05) is 5.43 Å². The number of hydrogen-bond donors (Lipinski definition) is 2. The van der Waals surface area contributed by atoms with Gasteiger partial charge in [0.25, 0.3) is 0 Å². The number of ether oxygens (including phenoxy) is 3. The number of hydrazine groups is 1. The van der Waals surface area contributed by atoms with E-state index in [2.05, 4.69) is 0 Å². The molecule has 0 atom stereocenters. The molecule has 0 aromatic carbocycles. The number of carbonyl (C=O) groups is 1. The zero-order chi connectivity index (χ0) is 14.8. The van der Waals surface area contributed by atoms with Crippen molar-refractivity contribution in [2.45, 2.75) is 20.0 Å². The molecule has 0 saturated heterocycles. The van der Waals surface area contributed by atoms with Gasteiger partial charge in [0.05, 0.1) is 13.2 Å². The maximum atomic E-state index is 11.4. The van der Waals surface area contributed by atoms with Crippen molar-refractivity contribution in [1.82, 2.24) is 5.43 Å². The van der Waals surface area contributed by atoms with Crippen LogP contribution in [0.15, 0.2) is 10.5 Å². The van der Waals surface area contributed by atoms with E-state index in [4.69, 9.17) is 24.5 Å². The van der Waals surface area contributed by atoms with Crippen LogP contribution >= 0.6 is 0 Å². The van der Waals surface area contributed by atoms with Crippen LogP contribution in [-0.4, -0.2) is 39.4 Å². The molecular weight excluding hydrogens is 264 g/mol. The van der Waals surface area contributed by atoms with E-state index in [0.717, 1.165) is 12.0 Å². The molecule has 0 saturated carbocycles. The summed E-state index contributed by atoms with van der Waals surface area (Å²) in [6.07, 6.45) is 0.791. The normalized spacial score (nSPS) is 10.8. The van der Waals surface area contributed by atoms with Crippen LogP contribution in [-0.2, 0) is 20.8 Å². The molecule has 0 aliphatic carbocycles. The predicted octanol–water partition coefficient (Wildman–Crippen LogP) is 0.761. The molecule has 1 aromatic heterocycles. The minimum absolute atomic E-state index is 0.217. The first-order chi connectivity index (χ1) is 9.69. The first-order valence-corrected chi connectivity index (χ1v) is 6.43. The summed E-state index contributed by atoms with van der Waals surface area (Å²) in [7, 11) is 1.64. The smallest absolute Gasteiger partial charge is 0.301 e. The SMILES string of the molecule is COCCOCCCOCc1cc(C)c(C(=O)NN)o1. The highest BCUT2D eigenvalue weighted by atomic mass is 16.5. The number of aryl methyl sites for hydroxylation is 1. The Morgan fingerprint density at radius 2 is 2.05 bits per heavy atom. The lowest BCUT2D eigenvalue weighted by Crippen LogP contribution is -2.30. The van der Waals surface area contributed by atoms with E-state index < -0.39 is 5.91 Å². The molecule has 1 heterocycles. The van der Waals surface area contributed by atoms with Crippen LogP contribution in [0.3, 0.4) is 0 Å². The van der Waals surface area contributed by atoms with Gasteiger partial charge in [-0.05, 0) is 19.4 Å². The van der Waals surface area contributed by atoms with Crippen molar-refractivity contribution in [2.24, 2.45) is 5.84 Å². The van der Waals surface area contributed by atoms with Crippen LogP contribution in [0.2, 0.25) is 0 Å². The number of nitrogens with two attached hydrogens (primary N) is 1. The van der Waals surface area contributed by atoms with Crippen molar-refractivity contribution in [2.75, 3.05) is 33.5 Å². The molecule has 0 aliphatic rings. The summed E-state index contributed by atoms with van der Waals surface area (Å²) in [5.41, 5.74) is 2.77. The first kappa shape index (κ1) is 16.6. The van der Waals surface area contributed by atoms with E-state index in [9.17, 15) is 4.79 Å². The van der Waals surface area contributed by atoms with Gasteiger partial charge in [0.15, 0.2) is 5.76 Å². The lowest BCUT2D eigenvalue weighted by Gasteiger charge is -2.04. The van der Waals surface area contributed by atoms with Gasteiger partial charge in [0, 0.05) is 25.9 Å². The van der Waals surface area contributed by atoms with Crippen LogP contribution in [0, 0.1) is 6.92 Å². The molecule has 7 nitrogen and oxygen atoms in total. The Hall–Kier alpha value is -1.41. The molecule has 0 bridgehead atoms. The monoisotopic (exact) mass is 286 g/mol. The fraction of sp³-hybridized carbons (Fsp3) is 0.615. The third-order valence-electron chi connectivity index (χ3n) is 2.56. The average molecular weight is 286 g/mol. The number of rotatable bonds is 10. The van der Waals surface area contributed by atoms with Gasteiger partial charge in [0.1, 0.15) is 12.4 Å². The Balaban J connectivity index is 2.18. The highest BCUT2D eigenvalue weighted by Gasteiger charge is 2.14. The van der Waals surface area contributed by atoms with Crippen molar-refractivity contribution in [1.29, 1.82) is 0 Å². The number of carbonyl (C=O) groups excluding carboxylic acids is 1. The second-order valence-electron chi connectivity index (χ2n) is 4.21. The predicted molar refractivity (Wildman–Crippen MR) is 72.1 cm³/mol. The maximum absolute atomic E-state index is 11.4. The standard InChI is InChI=1S/C13H22N2O5/c1-10-8-11(20-12(10)13(16)15-14)9-19-5-3-4-18-7-6-17-2/h8H,3-7,9,14H2,1-2H3,(H,15,16). The lowest BCUT2D eigenvalue weighted by atomic mass is 10.2. The first-order valence-electron chi connectivity index (χ1n) is 6.43. The van der Waals surface area contributed by atoms with Gasteiger partial charge >= 0.3 is 5.91 Å². The molecule has 0 fully saturated rings. The molecule has 1 rings (SSSR count). The Morgan fingerprint density at radius 1 is 1.30 bits per heavy atom. The maximum Gasteiger partial charge on any atom is 0.301 e. The fourth-order valence-electron chi connectivity index (χ4n) is 1.59. The van der Waals surface area contributed by atoms with Crippen LogP contribution in [0.1, 0.15) is 28.3 Å². The number of hydrogen-bond acceptors (Lipinski definition) is 6. The van der Waals surface area contributed by atoms with Crippen molar-refractivity contribution in [3.63, 3.8) is 0 Å². The largest absolute Gasteiger partial charge is 0.453 e. The zero-order valence-corrected chi connectivity index (χ0v) is 11.9.